The molecule has 1 aromatic heterocycles. The predicted molar refractivity (Wildman–Crippen MR) is 99.4 cm³/mol. The van der Waals surface area contributed by atoms with Gasteiger partial charge in [0.15, 0.2) is 0 Å². The summed E-state index contributed by atoms with van der Waals surface area (Å²) in [6, 6.07) is 10.5. The van der Waals surface area contributed by atoms with Gasteiger partial charge < -0.3 is 19.5 Å². The smallest absolute Gasteiger partial charge is 0.308 e. The van der Waals surface area contributed by atoms with Crippen LogP contribution in [-0.4, -0.2) is 53.6 Å². The maximum atomic E-state index is 12.6. The summed E-state index contributed by atoms with van der Waals surface area (Å²) in [5.74, 6) is -1.30. The quantitative estimate of drug-likeness (QED) is 0.572. The summed E-state index contributed by atoms with van der Waals surface area (Å²) in [4.78, 5) is 38.4. The second-order valence-corrected chi connectivity index (χ2v) is 6.65. The van der Waals surface area contributed by atoms with E-state index in [4.69, 9.17) is 9.26 Å². The summed E-state index contributed by atoms with van der Waals surface area (Å²) < 4.78 is 10.3. The van der Waals surface area contributed by atoms with E-state index in [-0.39, 0.29) is 31.2 Å². The van der Waals surface area contributed by atoms with E-state index in [9.17, 15) is 14.4 Å². The topological polar surface area (TPSA) is 102 Å². The van der Waals surface area contributed by atoms with E-state index in [1.54, 1.807) is 6.92 Å². The highest BCUT2D eigenvalue weighted by Gasteiger charge is 2.36. The van der Waals surface area contributed by atoms with E-state index in [0.717, 1.165) is 6.42 Å². The Morgan fingerprint density at radius 2 is 2.11 bits per heavy atom. The van der Waals surface area contributed by atoms with Crippen LogP contribution in [0.2, 0.25) is 0 Å². The first-order valence-electron chi connectivity index (χ1n) is 9.26. The molecule has 1 saturated heterocycles. The van der Waals surface area contributed by atoms with Crippen LogP contribution in [0.5, 0.6) is 0 Å². The molecule has 8 nitrogen and oxygen atoms in total. The number of hydrogen-bond donors (Lipinski definition) is 1. The van der Waals surface area contributed by atoms with Crippen LogP contribution in [0.1, 0.15) is 34.7 Å². The van der Waals surface area contributed by atoms with Crippen LogP contribution in [0, 0.1) is 6.92 Å². The van der Waals surface area contributed by atoms with Crippen molar-refractivity contribution < 1.29 is 23.6 Å². The minimum absolute atomic E-state index is 0.0495. The Kier molecular flexibility index (Phi) is 6.41. The number of nitrogens with zero attached hydrogens (tertiary/aromatic N) is 2. The lowest BCUT2D eigenvalue weighted by Crippen LogP contribution is -2.57. The van der Waals surface area contributed by atoms with Crippen molar-refractivity contribution in [2.75, 3.05) is 19.7 Å². The molecule has 28 heavy (non-hydrogen) atoms. The third-order valence-corrected chi connectivity index (χ3v) is 4.51. The van der Waals surface area contributed by atoms with Gasteiger partial charge in [0, 0.05) is 19.2 Å². The molecule has 3 rings (SSSR count). The summed E-state index contributed by atoms with van der Waals surface area (Å²) in [6.45, 7) is 2.57. The van der Waals surface area contributed by atoms with Crippen LogP contribution in [0.3, 0.4) is 0 Å². The monoisotopic (exact) mass is 385 g/mol. The summed E-state index contributed by atoms with van der Waals surface area (Å²) in [5.41, 5.74) is 1.74. The molecule has 1 fully saturated rings. The highest BCUT2D eigenvalue weighted by Crippen LogP contribution is 2.15. The average molecular weight is 385 g/mol. The number of nitrogens with one attached hydrogen (secondary N) is 1. The highest BCUT2D eigenvalue weighted by molar-refractivity contribution is 5.97. The first-order valence-corrected chi connectivity index (χ1v) is 9.26. The Morgan fingerprint density at radius 1 is 1.32 bits per heavy atom. The molecule has 1 aromatic carbocycles. The Morgan fingerprint density at radius 3 is 2.82 bits per heavy atom. The van der Waals surface area contributed by atoms with Crippen molar-refractivity contribution in [2.45, 2.75) is 32.2 Å². The fourth-order valence-electron chi connectivity index (χ4n) is 3.09. The maximum Gasteiger partial charge on any atom is 0.308 e. The molecule has 1 aliphatic heterocycles. The molecule has 0 aliphatic carbocycles. The summed E-state index contributed by atoms with van der Waals surface area (Å²) >= 11 is 0. The van der Waals surface area contributed by atoms with Crippen LogP contribution in [-0.2, 0) is 20.7 Å². The summed E-state index contributed by atoms with van der Waals surface area (Å²) in [5, 5.41) is 6.38. The average Bonchev–Trinajstić information content (AvgIpc) is 3.13. The highest BCUT2D eigenvalue weighted by atomic mass is 16.5. The fourth-order valence-corrected chi connectivity index (χ4v) is 3.09. The van der Waals surface area contributed by atoms with Gasteiger partial charge in [0.2, 0.25) is 11.7 Å². The van der Waals surface area contributed by atoms with Crippen LogP contribution >= 0.6 is 0 Å². The predicted octanol–water partition coefficient (Wildman–Crippen LogP) is 1.49. The van der Waals surface area contributed by atoms with Crippen LogP contribution < -0.4 is 5.32 Å². The number of carbonyl (C=O) groups excluding carboxylic acids is 3. The molecule has 2 heterocycles. The molecule has 0 bridgehead atoms. The van der Waals surface area contributed by atoms with E-state index >= 15 is 0 Å². The van der Waals surface area contributed by atoms with Crippen molar-refractivity contribution in [3.8, 4) is 0 Å². The molecule has 2 aromatic rings. The largest absolute Gasteiger partial charge is 0.466 e. The zero-order valence-electron chi connectivity index (χ0n) is 15.7. The Balaban J connectivity index is 1.52. The fraction of sp³-hybridized carbons (Fsp3) is 0.400. The molecule has 1 N–H and O–H groups in total. The Bertz CT molecular complexity index is 833. The van der Waals surface area contributed by atoms with Gasteiger partial charge in [0.05, 0.1) is 18.7 Å². The second kappa shape index (κ2) is 9.16. The van der Waals surface area contributed by atoms with Gasteiger partial charge in [0.1, 0.15) is 6.04 Å². The van der Waals surface area contributed by atoms with Crippen molar-refractivity contribution >= 4 is 17.8 Å². The van der Waals surface area contributed by atoms with E-state index in [0.29, 0.717) is 18.7 Å². The number of esters is 1. The van der Waals surface area contributed by atoms with Gasteiger partial charge in [-0.05, 0) is 25.3 Å². The second-order valence-electron chi connectivity index (χ2n) is 6.65. The van der Waals surface area contributed by atoms with Crippen LogP contribution in [0.15, 0.2) is 40.9 Å². The molecular formula is C20H23N3O5. The normalized spacial score (nSPS) is 16.5. The molecular weight excluding hydrogens is 362 g/mol. The SMILES string of the molecule is Cc1cc(C(=O)N2CCNC(=O)C2CC(=O)OCCCc2ccccc2)on1. The van der Waals surface area contributed by atoms with Crippen LogP contribution in [0.25, 0.3) is 0 Å². The number of piperazine rings is 1. The molecule has 148 valence electrons. The minimum Gasteiger partial charge on any atom is -0.466 e. The van der Waals surface area contributed by atoms with Gasteiger partial charge in [-0.25, -0.2) is 0 Å². The third-order valence-electron chi connectivity index (χ3n) is 4.51. The lowest BCUT2D eigenvalue weighted by atomic mass is 10.1. The van der Waals surface area contributed by atoms with E-state index in [1.807, 2.05) is 30.3 Å². The summed E-state index contributed by atoms with van der Waals surface area (Å²) in [6.07, 6.45) is 1.29. The number of aryl methyl sites for hydroxylation is 2. The molecule has 1 aliphatic rings. The van der Waals surface area contributed by atoms with Crippen molar-refractivity contribution in [3.63, 3.8) is 0 Å². The third kappa shape index (κ3) is 4.97. The van der Waals surface area contributed by atoms with E-state index in [1.165, 1.54) is 16.5 Å². The zero-order chi connectivity index (χ0) is 19.9. The standard InChI is InChI=1S/C20H23N3O5/c1-14-12-17(28-22-14)20(26)23-10-9-21-19(25)16(23)13-18(24)27-11-5-8-15-6-3-2-4-7-15/h2-4,6-7,12,16H,5,8-11,13H2,1H3,(H,21,25). The van der Waals surface area contributed by atoms with Gasteiger partial charge in [0.25, 0.3) is 5.91 Å². The first-order chi connectivity index (χ1) is 13.5. The Labute approximate surface area is 162 Å². The molecule has 0 spiro atoms. The van der Waals surface area contributed by atoms with Gasteiger partial charge in [-0.2, -0.15) is 0 Å². The van der Waals surface area contributed by atoms with Crippen molar-refractivity contribution in [2.24, 2.45) is 0 Å². The van der Waals surface area contributed by atoms with Gasteiger partial charge in [-0.15, -0.1) is 0 Å². The molecule has 1 unspecified atom stereocenters. The van der Waals surface area contributed by atoms with Gasteiger partial charge in [-0.1, -0.05) is 35.5 Å². The molecule has 0 radical (unpaired) electrons. The number of hydrogen-bond acceptors (Lipinski definition) is 6. The van der Waals surface area contributed by atoms with Crippen molar-refractivity contribution in [1.29, 1.82) is 0 Å². The zero-order valence-corrected chi connectivity index (χ0v) is 15.7. The summed E-state index contributed by atoms with van der Waals surface area (Å²) in [7, 11) is 0. The van der Waals surface area contributed by atoms with Crippen LogP contribution in [0.4, 0.5) is 0 Å². The molecule has 1 atom stereocenters. The lowest BCUT2D eigenvalue weighted by molar-refractivity contribution is -0.147. The van der Waals surface area contributed by atoms with Gasteiger partial charge in [-0.3, -0.25) is 14.4 Å². The Hall–Kier alpha value is -3.16. The number of rotatable bonds is 7. The number of aromatic nitrogens is 1. The molecule has 0 saturated carbocycles. The number of amides is 2. The molecule has 8 heteroatoms. The van der Waals surface area contributed by atoms with E-state index in [2.05, 4.69) is 10.5 Å². The first kappa shape index (κ1) is 19.6. The van der Waals surface area contributed by atoms with Crippen molar-refractivity contribution in [1.82, 2.24) is 15.4 Å². The number of benzene rings is 1. The molecule has 2 amide bonds. The number of carbonyl (C=O) groups is 3. The van der Waals surface area contributed by atoms with Crippen molar-refractivity contribution in [3.05, 3.63) is 53.4 Å². The van der Waals surface area contributed by atoms with E-state index < -0.39 is 17.9 Å². The van der Waals surface area contributed by atoms with Gasteiger partial charge >= 0.3 is 5.97 Å². The maximum absolute atomic E-state index is 12.6. The number of ether oxygens (including phenoxy) is 1. The lowest BCUT2D eigenvalue weighted by Gasteiger charge is -2.33. The minimum atomic E-state index is -0.923.